The second kappa shape index (κ2) is 1.45. The van der Waals surface area contributed by atoms with Crippen molar-refractivity contribution in [2.75, 3.05) is 19.7 Å². The molecule has 1 heterocycles. The van der Waals surface area contributed by atoms with Crippen molar-refractivity contribution >= 4 is 0 Å². The summed E-state index contributed by atoms with van der Waals surface area (Å²) in [5, 5.41) is 12.0. The zero-order valence-corrected chi connectivity index (χ0v) is 4.80. The molecule has 1 saturated heterocycles. The third kappa shape index (κ3) is 0.446. The van der Waals surface area contributed by atoms with Gasteiger partial charge in [-0.2, -0.15) is 0 Å². The fourth-order valence-corrected chi connectivity index (χ4v) is 1.82. The van der Waals surface area contributed by atoms with Crippen LogP contribution < -0.4 is 5.32 Å². The summed E-state index contributed by atoms with van der Waals surface area (Å²) < 4.78 is 0. The van der Waals surface area contributed by atoms with Crippen molar-refractivity contribution in [3.05, 3.63) is 0 Å². The van der Waals surface area contributed by atoms with Crippen LogP contribution in [0, 0.1) is 17.8 Å². The number of aliphatic hydroxyl groups excluding tert-OH is 1. The van der Waals surface area contributed by atoms with Gasteiger partial charge in [-0.3, -0.25) is 0 Å². The summed E-state index contributed by atoms with van der Waals surface area (Å²) in [6, 6.07) is 0. The first-order valence-electron chi connectivity index (χ1n) is 3.25. The molecular formula is C6H11NO. The fraction of sp³-hybridized carbons (Fsp3) is 1.00. The van der Waals surface area contributed by atoms with E-state index in [9.17, 15) is 0 Å². The van der Waals surface area contributed by atoms with E-state index in [0.717, 1.165) is 24.9 Å². The first kappa shape index (κ1) is 4.77. The largest absolute Gasteiger partial charge is 0.396 e. The van der Waals surface area contributed by atoms with Gasteiger partial charge in [0.2, 0.25) is 0 Å². The number of rotatable bonds is 1. The van der Waals surface area contributed by atoms with E-state index in [1.807, 2.05) is 0 Å². The van der Waals surface area contributed by atoms with Crippen LogP contribution in [-0.4, -0.2) is 24.8 Å². The number of hydrogen-bond acceptors (Lipinski definition) is 2. The molecule has 2 aliphatic rings. The van der Waals surface area contributed by atoms with Crippen LogP contribution in [0.1, 0.15) is 0 Å². The minimum absolute atomic E-state index is 0.414. The van der Waals surface area contributed by atoms with Crippen molar-refractivity contribution < 1.29 is 5.11 Å². The van der Waals surface area contributed by atoms with E-state index in [1.165, 1.54) is 0 Å². The minimum Gasteiger partial charge on any atom is -0.396 e. The second-order valence-electron chi connectivity index (χ2n) is 2.83. The predicted molar refractivity (Wildman–Crippen MR) is 30.4 cm³/mol. The Bertz CT molecular complexity index is 87.9. The Kier molecular flexibility index (Phi) is 0.866. The maximum Gasteiger partial charge on any atom is 0.0465 e. The van der Waals surface area contributed by atoms with Gasteiger partial charge in [-0.15, -0.1) is 0 Å². The average molecular weight is 113 g/mol. The Morgan fingerprint density at radius 2 is 2.00 bits per heavy atom. The van der Waals surface area contributed by atoms with Crippen LogP contribution in [0.15, 0.2) is 0 Å². The van der Waals surface area contributed by atoms with E-state index in [4.69, 9.17) is 5.11 Å². The molecule has 0 amide bonds. The lowest BCUT2D eigenvalue weighted by molar-refractivity contribution is 0.258. The van der Waals surface area contributed by atoms with Gasteiger partial charge in [0.15, 0.2) is 0 Å². The minimum atomic E-state index is 0.414. The van der Waals surface area contributed by atoms with Gasteiger partial charge in [0.1, 0.15) is 0 Å². The zero-order valence-electron chi connectivity index (χ0n) is 4.80. The molecule has 0 bridgehead atoms. The molecule has 8 heavy (non-hydrogen) atoms. The summed E-state index contributed by atoms with van der Waals surface area (Å²) in [6.45, 7) is 2.71. The lowest BCUT2D eigenvalue weighted by Crippen LogP contribution is -2.15. The molecule has 2 rings (SSSR count). The van der Waals surface area contributed by atoms with Crippen molar-refractivity contribution in [2.45, 2.75) is 0 Å². The number of nitrogens with one attached hydrogen (secondary N) is 1. The standard InChI is InChI=1S/C6H11NO/c8-3-6-4-1-7-2-5(4)6/h4-8H,1-3H2/t4-,5+,6-. The van der Waals surface area contributed by atoms with Gasteiger partial charge in [-0.25, -0.2) is 0 Å². The smallest absolute Gasteiger partial charge is 0.0465 e. The number of aliphatic hydroxyl groups is 1. The third-order valence-corrected chi connectivity index (χ3v) is 2.48. The quantitative estimate of drug-likeness (QED) is 0.478. The van der Waals surface area contributed by atoms with Crippen molar-refractivity contribution in [3.63, 3.8) is 0 Å². The van der Waals surface area contributed by atoms with Crippen molar-refractivity contribution in [3.8, 4) is 0 Å². The van der Waals surface area contributed by atoms with Crippen LogP contribution in [0.4, 0.5) is 0 Å². The first-order chi connectivity index (χ1) is 3.93. The van der Waals surface area contributed by atoms with Crippen LogP contribution in [0.3, 0.4) is 0 Å². The summed E-state index contributed by atoms with van der Waals surface area (Å²) in [5.74, 6) is 2.33. The second-order valence-corrected chi connectivity index (χ2v) is 2.83. The molecule has 1 saturated carbocycles. The molecule has 0 aromatic rings. The van der Waals surface area contributed by atoms with Gasteiger partial charge < -0.3 is 10.4 Å². The Morgan fingerprint density at radius 3 is 2.38 bits per heavy atom. The van der Waals surface area contributed by atoms with Crippen LogP contribution in [-0.2, 0) is 0 Å². The number of fused-ring (bicyclic) bond motifs is 1. The normalized spacial score (nSPS) is 51.4. The highest BCUT2D eigenvalue weighted by atomic mass is 16.3. The van der Waals surface area contributed by atoms with Gasteiger partial charge >= 0.3 is 0 Å². The van der Waals surface area contributed by atoms with Crippen molar-refractivity contribution in [1.82, 2.24) is 5.32 Å². The van der Waals surface area contributed by atoms with E-state index in [0.29, 0.717) is 12.5 Å². The highest BCUT2D eigenvalue weighted by Gasteiger charge is 2.51. The Balaban J connectivity index is 1.94. The average Bonchev–Trinajstić information content (AvgIpc) is 2.22. The number of piperidine rings is 1. The zero-order chi connectivity index (χ0) is 5.56. The molecular weight excluding hydrogens is 102 g/mol. The molecule has 0 unspecified atom stereocenters. The van der Waals surface area contributed by atoms with Crippen LogP contribution >= 0.6 is 0 Å². The Morgan fingerprint density at radius 1 is 1.38 bits per heavy atom. The molecule has 3 atom stereocenters. The van der Waals surface area contributed by atoms with E-state index in [2.05, 4.69) is 5.32 Å². The third-order valence-electron chi connectivity index (χ3n) is 2.48. The molecule has 46 valence electrons. The summed E-state index contributed by atoms with van der Waals surface area (Å²) in [6.07, 6.45) is 0. The number of hydrogen-bond donors (Lipinski definition) is 2. The molecule has 2 nitrogen and oxygen atoms in total. The molecule has 0 aromatic carbocycles. The first-order valence-corrected chi connectivity index (χ1v) is 3.25. The van der Waals surface area contributed by atoms with Gasteiger partial charge in [0.25, 0.3) is 0 Å². The Labute approximate surface area is 48.9 Å². The topological polar surface area (TPSA) is 32.3 Å². The summed E-state index contributed by atoms with van der Waals surface area (Å²) >= 11 is 0. The Hall–Kier alpha value is -0.0800. The molecule has 2 heteroatoms. The van der Waals surface area contributed by atoms with Crippen molar-refractivity contribution in [1.29, 1.82) is 0 Å². The lowest BCUT2D eigenvalue weighted by atomic mass is 10.3. The van der Waals surface area contributed by atoms with E-state index in [1.54, 1.807) is 0 Å². The summed E-state index contributed by atoms with van der Waals surface area (Å²) in [4.78, 5) is 0. The molecule has 0 radical (unpaired) electrons. The molecule has 2 fully saturated rings. The van der Waals surface area contributed by atoms with Crippen LogP contribution in [0.2, 0.25) is 0 Å². The molecule has 1 aliphatic carbocycles. The maximum absolute atomic E-state index is 8.68. The van der Waals surface area contributed by atoms with E-state index in [-0.39, 0.29) is 0 Å². The highest BCUT2D eigenvalue weighted by molar-refractivity contribution is 5.03. The van der Waals surface area contributed by atoms with Gasteiger partial charge in [0, 0.05) is 6.61 Å². The van der Waals surface area contributed by atoms with Gasteiger partial charge in [-0.1, -0.05) is 0 Å². The fourth-order valence-electron chi connectivity index (χ4n) is 1.82. The molecule has 0 spiro atoms. The van der Waals surface area contributed by atoms with Crippen LogP contribution in [0.25, 0.3) is 0 Å². The predicted octanol–water partition coefficient (Wildman–Crippen LogP) is -0.556. The van der Waals surface area contributed by atoms with Gasteiger partial charge in [-0.05, 0) is 30.8 Å². The van der Waals surface area contributed by atoms with E-state index < -0.39 is 0 Å². The monoisotopic (exact) mass is 113 g/mol. The SMILES string of the molecule is OC[C@H]1[C@H]2CNC[C@@H]12. The lowest BCUT2D eigenvalue weighted by Gasteiger charge is -1.97. The van der Waals surface area contributed by atoms with E-state index >= 15 is 0 Å². The molecule has 1 aliphatic heterocycles. The van der Waals surface area contributed by atoms with Crippen molar-refractivity contribution in [2.24, 2.45) is 17.8 Å². The van der Waals surface area contributed by atoms with Gasteiger partial charge in [0.05, 0.1) is 0 Å². The summed E-state index contributed by atoms with van der Waals surface area (Å²) in [5.41, 5.74) is 0. The van der Waals surface area contributed by atoms with Crippen LogP contribution in [0.5, 0.6) is 0 Å². The highest BCUT2D eigenvalue weighted by Crippen LogP contribution is 2.47. The summed E-state index contributed by atoms with van der Waals surface area (Å²) in [7, 11) is 0. The molecule has 2 N–H and O–H groups in total. The molecule has 0 aromatic heterocycles. The maximum atomic E-state index is 8.68.